The molecule has 0 aliphatic heterocycles. The van der Waals surface area contributed by atoms with E-state index in [2.05, 4.69) is 16.0 Å². The van der Waals surface area contributed by atoms with Gasteiger partial charge >= 0.3 is 0 Å². The summed E-state index contributed by atoms with van der Waals surface area (Å²) in [5.74, 6) is -0.346. The monoisotopic (exact) mass is 317 g/mol. The summed E-state index contributed by atoms with van der Waals surface area (Å²) in [6.45, 7) is 4.20. The van der Waals surface area contributed by atoms with Crippen molar-refractivity contribution in [3.8, 4) is 0 Å². The van der Waals surface area contributed by atoms with Gasteiger partial charge in [0.2, 0.25) is 11.8 Å². The fraction of sp³-hybridized carbons (Fsp3) is 0.471. The average molecular weight is 317 g/mol. The number of carbonyl (C=O) groups is 3. The van der Waals surface area contributed by atoms with Crippen LogP contribution in [-0.2, 0) is 9.59 Å². The van der Waals surface area contributed by atoms with Gasteiger partial charge in [-0.3, -0.25) is 14.4 Å². The first-order valence-corrected chi connectivity index (χ1v) is 8.00. The first-order valence-electron chi connectivity index (χ1n) is 8.00. The van der Waals surface area contributed by atoms with E-state index < -0.39 is 6.04 Å². The van der Waals surface area contributed by atoms with E-state index in [-0.39, 0.29) is 23.6 Å². The number of amides is 3. The highest BCUT2D eigenvalue weighted by Crippen LogP contribution is 2.30. The quantitative estimate of drug-likeness (QED) is 0.715. The molecule has 0 radical (unpaired) electrons. The van der Waals surface area contributed by atoms with Crippen LogP contribution in [0.2, 0.25) is 0 Å². The summed E-state index contributed by atoms with van der Waals surface area (Å²) in [7, 11) is 0. The van der Waals surface area contributed by atoms with Gasteiger partial charge in [-0.1, -0.05) is 6.92 Å². The zero-order valence-electron chi connectivity index (χ0n) is 13.5. The van der Waals surface area contributed by atoms with Gasteiger partial charge in [-0.25, -0.2) is 0 Å². The minimum absolute atomic E-state index is 0.0309. The summed E-state index contributed by atoms with van der Waals surface area (Å²) in [6.07, 6.45) is 2.75. The predicted octanol–water partition coefficient (Wildman–Crippen LogP) is 1.68. The van der Waals surface area contributed by atoms with E-state index in [0.29, 0.717) is 17.8 Å². The van der Waals surface area contributed by atoms with Crippen molar-refractivity contribution in [2.75, 3.05) is 11.9 Å². The highest BCUT2D eigenvalue weighted by Gasteiger charge is 2.29. The number of nitrogens with one attached hydrogen (secondary N) is 3. The summed E-state index contributed by atoms with van der Waals surface area (Å²) in [6, 6.07) is 6.06. The number of hydrogen-bond donors (Lipinski definition) is 3. The zero-order valence-corrected chi connectivity index (χ0v) is 13.5. The van der Waals surface area contributed by atoms with Gasteiger partial charge in [0, 0.05) is 23.7 Å². The molecule has 0 aromatic heterocycles. The molecule has 6 nitrogen and oxygen atoms in total. The second-order valence-electron chi connectivity index (χ2n) is 5.83. The Hall–Kier alpha value is -2.37. The fourth-order valence-electron chi connectivity index (χ4n) is 2.04. The third-order valence-corrected chi connectivity index (χ3v) is 3.65. The second kappa shape index (κ2) is 7.76. The number of rotatable bonds is 7. The lowest BCUT2D eigenvalue weighted by atomic mass is 10.1. The molecule has 124 valence electrons. The molecule has 3 amide bonds. The van der Waals surface area contributed by atoms with Crippen molar-refractivity contribution in [2.24, 2.45) is 5.92 Å². The number of hydrogen-bond acceptors (Lipinski definition) is 3. The third-order valence-electron chi connectivity index (χ3n) is 3.65. The van der Waals surface area contributed by atoms with Crippen molar-refractivity contribution in [3.63, 3.8) is 0 Å². The normalized spacial score (nSPS) is 14.7. The molecule has 2 rings (SSSR count). The Labute approximate surface area is 136 Å². The maximum atomic E-state index is 12.1. The topological polar surface area (TPSA) is 87.3 Å². The van der Waals surface area contributed by atoms with Gasteiger partial charge < -0.3 is 16.0 Å². The minimum Gasteiger partial charge on any atom is -0.354 e. The molecule has 1 aliphatic rings. The molecule has 1 saturated carbocycles. The summed E-state index contributed by atoms with van der Waals surface area (Å²) in [4.78, 5) is 35.5. The molecule has 1 aromatic rings. The maximum Gasteiger partial charge on any atom is 0.251 e. The molecule has 0 heterocycles. The Kier molecular flexibility index (Phi) is 5.73. The number of anilines is 1. The Morgan fingerprint density at radius 1 is 1.17 bits per heavy atom. The molecule has 1 fully saturated rings. The van der Waals surface area contributed by atoms with Crippen molar-refractivity contribution in [2.45, 2.75) is 39.2 Å². The molecular formula is C17H23N3O3. The zero-order chi connectivity index (χ0) is 16.8. The lowest BCUT2D eigenvalue weighted by molar-refractivity contribution is -0.122. The van der Waals surface area contributed by atoms with Crippen LogP contribution < -0.4 is 16.0 Å². The van der Waals surface area contributed by atoms with E-state index in [1.807, 2.05) is 6.92 Å². The van der Waals surface area contributed by atoms with Crippen molar-refractivity contribution < 1.29 is 14.4 Å². The molecule has 1 aromatic carbocycles. The van der Waals surface area contributed by atoms with Gasteiger partial charge in [0.15, 0.2) is 0 Å². The molecule has 0 saturated heterocycles. The molecule has 6 heteroatoms. The SMILES string of the molecule is CCCNC(=O)[C@H](C)NC(=O)c1ccc(NC(=O)C2CC2)cc1. The van der Waals surface area contributed by atoms with E-state index in [9.17, 15) is 14.4 Å². The van der Waals surface area contributed by atoms with Crippen LogP contribution in [0.1, 0.15) is 43.5 Å². The van der Waals surface area contributed by atoms with Gasteiger partial charge in [-0.15, -0.1) is 0 Å². The van der Waals surface area contributed by atoms with Crippen molar-refractivity contribution in [1.29, 1.82) is 0 Å². The van der Waals surface area contributed by atoms with Crippen LogP contribution in [0.3, 0.4) is 0 Å². The summed E-state index contributed by atoms with van der Waals surface area (Å²) >= 11 is 0. The first kappa shape index (κ1) is 17.0. The molecule has 1 aliphatic carbocycles. The van der Waals surface area contributed by atoms with Crippen LogP contribution in [-0.4, -0.2) is 30.3 Å². The summed E-state index contributed by atoms with van der Waals surface area (Å²) in [5.41, 5.74) is 1.12. The highest BCUT2D eigenvalue weighted by atomic mass is 16.2. The van der Waals surface area contributed by atoms with Crippen molar-refractivity contribution in [1.82, 2.24) is 10.6 Å². The molecular weight excluding hydrogens is 294 g/mol. The van der Waals surface area contributed by atoms with Crippen LogP contribution in [0, 0.1) is 5.92 Å². The van der Waals surface area contributed by atoms with Crippen LogP contribution in [0.15, 0.2) is 24.3 Å². The van der Waals surface area contributed by atoms with Gasteiger partial charge in [-0.05, 0) is 50.5 Å². The lowest BCUT2D eigenvalue weighted by Gasteiger charge is -2.14. The summed E-state index contributed by atoms with van der Waals surface area (Å²) < 4.78 is 0. The van der Waals surface area contributed by atoms with Crippen molar-refractivity contribution >= 4 is 23.4 Å². The van der Waals surface area contributed by atoms with E-state index in [4.69, 9.17) is 0 Å². The van der Waals surface area contributed by atoms with E-state index in [0.717, 1.165) is 19.3 Å². The Morgan fingerprint density at radius 2 is 1.83 bits per heavy atom. The fourth-order valence-corrected chi connectivity index (χ4v) is 2.04. The average Bonchev–Trinajstić information content (AvgIpc) is 3.38. The lowest BCUT2D eigenvalue weighted by Crippen LogP contribution is -2.44. The van der Waals surface area contributed by atoms with E-state index >= 15 is 0 Å². The maximum absolute atomic E-state index is 12.1. The molecule has 1 atom stereocenters. The van der Waals surface area contributed by atoms with E-state index in [1.54, 1.807) is 31.2 Å². The van der Waals surface area contributed by atoms with Crippen LogP contribution in [0.5, 0.6) is 0 Å². The molecule has 0 bridgehead atoms. The van der Waals surface area contributed by atoms with Gasteiger partial charge in [-0.2, -0.15) is 0 Å². The standard InChI is InChI=1S/C17H23N3O3/c1-3-10-18-15(21)11(2)19-16(22)13-6-8-14(9-7-13)20-17(23)12-4-5-12/h6-9,11-12H,3-5,10H2,1-2H3,(H,18,21)(H,19,22)(H,20,23)/t11-/m0/s1. The molecule has 3 N–H and O–H groups in total. The number of carbonyl (C=O) groups excluding carboxylic acids is 3. The molecule has 0 spiro atoms. The van der Waals surface area contributed by atoms with Gasteiger partial charge in [0.1, 0.15) is 6.04 Å². The first-order chi connectivity index (χ1) is 11.0. The second-order valence-corrected chi connectivity index (χ2v) is 5.83. The van der Waals surface area contributed by atoms with Crippen molar-refractivity contribution in [3.05, 3.63) is 29.8 Å². The largest absolute Gasteiger partial charge is 0.354 e. The van der Waals surface area contributed by atoms with Crippen LogP contribution >= 0.6 is 0 Å². The number of benzene rings is 1. The highest BCUT2D eigenvalue weighted by molar-refractivity contribution is 5.98. The summed E-state index contributed by atoms with van der Waals surface area (Å²) in [5, 5.41) is 8.21. The minimum atomic E-state index is -0.594. The van der Waals surface area contributed by atoms with Crippen LogP contribution in [0.25, 0.3) is 0 Å². The van der Waals surface area contributed by atoms with Gasteiger partial charge in [0.05, 0.1) is 0 Å². The van der Waals surface area contributed by atoms with E-state index in [1.165, 1.54) is 0 Å². The Balaban J connectivity index is 1.86. The smallest absolute Gasteiger partial charge is 0.251 e. The Morgan fingerprint density at radius 3 is 2.39 bits per heavy atom. The third kappa shape index (κ3) is 5.09. The van der Waals surface area contributed by atoms with Gasteiger partial charge in [0.25, 0.3) is 5.91 Å². The Bertz CT molecular complexity index is 579. The molecule has 23 heavy (non-hydrogen) atoms. The molecule has 0 unspecified atom stereocenters. The van der Waals surface area contributed by atoms with Crippen LogP contribution in [0.4, 0.5) is 5.69 Å². The predicted molar refractivity (Wildman–Crippen MR) is 88.0 cm³/mol.